The SMILES string of the molecule is CN=C(NCCN1CCc2sccc2C1)N1CCN(C(C)C(F)(F)F)CC1. The first kappa shape index (κ1) is 20.4. The van der Waals surface area contributed by atoms with Crippen LogP contribution < -0.4 is 5.32 Å². The van der Waals surface area contributed by atoms with Gasteiger partial charge in [-0.3, -0.25) is 14.8 Å². The number of fused-ring (bicyclic) bond motifs is 1. The average Bonchev–Trinajstić information content (AvgIpc) is 3.12. The second kappa shape index (κ2) is 8.79. The molecule has 3 heterocycles. The number of thiophene rings is 1. The molecule has 1 aromatic heterocycles. The molecular weight excluding hydrogens is 375 g/mol. The second-order valence-corrected chi connectivity index (χ2v) is 8.11. The molecule has 9 heteroatoms. The highest BCUT2D eigenvalue weighted by atomic mass is 32.1. The quantitative estimate of drug-likeness (QED) is 0.618. The monoisotopic (exact) mass is 403 g/mol. The van der Waals surface area contributed by atoms with Gasteiger partial charge < -0.3 is 10.2 Å². The van der Waals surface area contributed by atoms with Gasteiger partial charge in [0.1, 0.15) is 6.04 Å². The summed E-state index contributed by atoms with van der Waals surface area (Å²) in [5, 5.41) is 5.53. The number of piperazine rings is 1. The van der Waals surface area contributed by atoms with Crippen LogP contribution in [0.15, 0.2) is 16.4 Å². The van der Waals surface area contributed by atoms with Gasteiger partial charge >= 0.3 is 6.18 Å². The Morgan fingerprint density at radius 3 is 2.67 bits per heavy atom. The van der Waals surface area contributed by atoms with Crippen molar-refractivity contribution in [3.8, 4) is 0 Å². The minimum atomic E-state index is -4.17. The summed E-state index contributed by atoms with van der Waals surface area (Å²) in [7, 11) is 1.73. The molecule has 152 valence electrons. The van der Waals surface area contributed by atoms with E-state index in [4.69, 9.17) is 0 Å². The molecule has 0 bridgehead atoms. The van der Waals surface area contributed by atoms with Crippen LogP contribution in [0.4, 0.5) is 13.2 Å². The van der Waals surface area contributed by atoms with Gasteiger partial charge in [0.05, 0.1) is 0 Å². The number of halogens is 3. The molecule has 1 N–H and O–H groups in total. The summed E-state index contributed by atoms with van der Waals surface area (Å²) in [6.07, 6.45) is -3.06. The number of aliphatic imine (C=N–C) groups is 1. The van der Waals surface area contributed by atoms with E-state index < -0.39 is 12.2 Å². The zero-order valence-corrected chi connectivity index (χ0v) is 16.7. The van der Waals surface area contributed by atoms with Crippen LogP contribution in [0.25, 0.3) is 0 Å². The van der Waals surface area contributed by atoms with Crippen molar-refractivity contribution in [3.63, 3.8) is 0 Å². The van der Waals surface area contributed by atoms with Gasteiger partial charge in [-0.25, -0.2) is 0 Å². The van der Waals surface area contributed by atoms with Crippen LogP contribution in [0.3, 0.4) is 0 Å². The van der Waals surface area contributed by atoms with Crippen LogP contribution in [0.5, 0.6) is 0 Å². The molecule has 0 aliphatic carbocycles. The van der Waals surface area contributed by atoms with Crippen molar-refractivity contribution in [2.24, 2.45) is 4.99 Å². The number of hydrogen-bond donors (Lipinski definition) is 1. The predicted octanol–water partition coefficient (Wildman–Crippen LogP) is 2.25. The second-order valence-electron chi connectivity index (χ2n) is 7.11. The van der Waals surface area contributed by atoms with Gasteiger partial charge in [-0.1, -0.05) is 0 Å². The highest BCUT2D eigenvalue weighted by Gasteiger charge is 2.41. The van der Waals surface area contributed by atoms with Crippen molar-refractivity contribution in [2.45, 2.75) is 32.1 Å². The summed E-state index contributed by atoms with van der Waals surface area (Å²) in [5.41, 5.74) is 1.44. The largest absolute Gasteiger partial charge is 0.403 e. The van der Waals surface area contributed by atoms with Crippen LogP contribution >= 0.6 is 11.3 Å². The Balaban J connectivity index is 1.41. The molecule has 3 rings (SSSR count). The van der Waals surface area contributed by atoms with Crippen molar-refractivity contribution >= 4 is 17.3 Å². The van der Waals surface area contributed by atoms with Gasteiger partial charge in [-0.15, -0.1) is 11.3 Å². The van der Waals surface area contributed by atoms with Crippen molar-refractivity contribution in [2.75, 3.05) is 52.9 Å². The topological polar surface area (TPSA) is 34.1 Å². The smallest absolute Gasteiger partial charge is 0.355 e. The van der Waals surface area contributed by atoms with E-state index in [0.29, 0.717) is 26.2 Å². The van der Waals surface area contributed by atoms with Crippen molar-refractivity contribution in [3.05, 3.63) is 21.9 Å². The summed E-state index contributed by atoms with van der Waals surface area (Å²) in [4.78, 5) is 11.8. The molecule has 0 radical (unpaired) electrons. The number of alkyl halides is 3. The minimum Gasteiger partial charge on any atom is -0.355 e. The molecule has 5 nitrogen and oxygen atoms in total. The van der Waals surface area contributed by atoms with Crippen molar-refractivity contribution in [1.29, 1.82) is 0 Å². The molecule has 0 aromatic carbocycles. The summed E-state index contributed by atoms with van der Waals surface area (Å²) in [5.74, 6) is 0.780. The third kappa shape index (κ3) is 5.14. The Labute approximate surface area is 162 Å². The molecule has 2 aliphatic heterocycles. The van der Waals surface area contributed by atoms with Crippen LogP contribution in [-0.2, 0) is 13.0 Å². The molecule has 27 heavy (non-hydrogen) atoms. The van der Waals surface area contributed by atoms with E-state index in [2.05, 4.69) is 26.7 Å². The summed E-state index contributed by atoms with van der Waals surface area (Å²) in [6, 6.07) is 0.815. The lowest BCUT2D eigenvalue weighted by molar-refractivity contribution is -0.181. The predicted molar refractivity (Wildman–Crippen MR) is 103 cm³/mol. The molecule has 1 unspecified atom stereocenters. The maximum absolute atomic E-state index is 12.9. The lowest BCUT2D eigenvalue weighted by Gasteiger charge is -2.39. The van der Waals surface area contributed by atoms with E-state index in [1.807, 2.05) is 16.2 Å². The van der Waals surface area contributed by atoms with E-state index >= 15 is 0 Å². The number of nitrogens with zero attached hydrogens (tertiary/aromatic N) is 4. The molecule has 2 aliphatic rings. The Morgan fingerprint density at radius 1 is 1.26 bits per heavy atom. The third-order valence-corrected chi connectivity index (χ3v) is 6.47. The fraction of sp³-hybridized carbons (Fsp3) is 0.722. The molecular formula is C18H28F3N5S. The third-order valence-electron chi connectivity index (χ3n) is 5.44. The average molecular weight is 404 g/mol. The molecule has 0 amide bonds. The fourth-order valence-electron chi connectivity index (χ4n) is 3.68. The normalized spacial score (nSPS) is 21.2. The number of nitrogens with one attached hydrogen (secondary N) is 1. The molecule has 0 saturated carbocycles. The lowest BCUT2D eigenvalue weighted by Crippen LogP contribution is -2.57. The molecule has 1 aromatic rings. The zero-order chi connectivity index (χ0) is 19.4. The van der Waals surface area contributed by atoms with Crippen LogP contribution in [0.2, 0.25) is 0 Å². The van der Waals surface area contributed by atoms with Crippen molar-refractivity contribution in [1.82, 2.24) is 20.0 Å². The van der Waals surface area contributed by atoms with E-state index in [0.717, 1.165) is 38.6 Å². The molecule has 1 atom stereocenters. The number of hydrogen-bond acceptors (Lipinski definition) is 4. The van der Waals surface area contributed by atoms with Gasteiger partial charge in [0.2, 0.25) is 0 Å². The first-order valence-corrected chi connectivity index (χ1v) is 10.3. The summed E-state index contributed by atoms with van der Waals surface area (Å²) < 4.78 is 38.6. The standard InChI is InChI=1S/C18H28F3N5S/c1-14(18(19,20)21)25-8-10-26(11-9-25)17(22-2)23-5-7-24-6-3-16-15(13-24)4-12-27-16/h4,12,14H,3,5-11,13H2,1-2H3,(H,22,23). The Hall–Kier alpha value is -1.32. The van der Waals surface area contributed by atoms with Gasteiger partial charge in [0.25, 0.3) is 0 Å². The molecule has 1 saturated heterocycles. The zero-order valence-electron chi connectivity index (χ0n) is 15.9. The number of guanidine groups is 1. The lowest BCUT2D eigenvalue weighted by atomic mass is 10.1. The van der Waals surface area contributed by atoms with Gasteiger partial charge in [0.15, 0.2) is 5.96 Å². The van der Waals surface area contributed by atoms with E-state index in [1.54, 1.807) is 7.05 Å². The highest BCUT2D eigenvalue weighted by molar-refractivity contribution is 7.10. The molecule has 1 fully saturated rings. The summed E-state index contributed by atoms with van der Waals surface area (Å²) in [6.45, 7) is 6.92. The fourth-order valence-corrected chi connectivity index (χ4v) is 4.57. The van der Waals surface area contributed by atoms with Crippen molar-refractivity contribution < 1.29 is 13.2 Å². The maximum atomic E-state index is 12.9. The Kier molecular flexibility index (Phi) is 6.65. The van der Waals surface area contributed by atoms with E-state index in [9.17, 15) is 13.2 Å². The van der Waals surface area contributed by atoms with Crippen LogP contribution in [0, 0.1) is 0 Å². The van der Waals surface area contributed by atoms with E-state index in [1.165, 1.54) is 22.3 Å². The van der Waals surface area contributed by atoms with Gasteiger partial charge in [0, 0.05) is 64.3 Å². The van der Waals surface area contributed by atoms with Gasteiger partial charge in [-0.05, 0) is 30.4 Å². The first-order valence-electron chi connectivity index (χ1n) is 9.42. The number of rotatable bonds is 4. The Bertz CT molecular complexity index is 637. The summed E-state index contributed by atoms with van der Waals surface area (Å²) >= 11 is 1.84. The maximum Gasteiger partial charge on any atom is 0.403 e. The van der Waals surface area contributed by atoms with E-state index in [-0.39, 0.29) is 0 Å². The minimum absolute atomic E-state index is 0.397. The van der Waals surface area contributed by atoms with Gasteiger partial charge in [-0.2, -0.15) is 13.2 Å². The molecule has 0 spiro atoms. The Morgan fingerprint density at radius 2 is 2.00 bits per heavy atom. The highest BCUT2D eigenvalue weighted by Crippen LogP contribution is 2.25. The first-order chi connectivity index (χ1) is 12.9. The van der Waals surface area contributed by atoms with Crippen LogP contribution in [-0.4, -0.2) is 85.7 Å². The van der Waals surface area contributed by atoms with Crippen LogP contribution in [0.1, 0.15) is 17.4 Å².